The highest BCUT2D eigenvalue weighted by Crippen LogP contribution is 2.16. The second-order valence-corrected chi connectivity index (χ2v) is 7.26. The summed E-state index contributed by atoms with van der Waals surface area (Å²) in [5.41, 5.74) is 0. The van der Waals surface area contributed by atoms with E-state index in [4.69, 9.17) is 0 Å². The quantitative estimate of drug-likeness (QED) is 0.292. The second kappa shape index (κ2) is 15.0. The Balaban J connectivity index is 1.69. The Morgan fingerprint density at radius 3 is 1.70 bits per heavy atom. The first-order valence-corrected chi connectivity index (χ1v) is 10.5. The molecule has 0 bridgehead atoms. The minimum absolute atomic E-state index is 0.329. The summed E-state index contributed by atoms with van der Waals surface area (Å²) in [4.78, 5) is 13.4. The van der Waals surface area contributed by atoms with Crippen LogP contribution in [0.4, 0.5) is 0 Å². The van der Waals surface area contributed by atoms with E-state index in [1.165, 1.54) is 89.9 Å². The summed E-state index contributed by atoms with van der Waals surface area (Å²) in [6, 6.07) is 0. The van der Waals surface area contributed by atoms with Gasteiger partial charge in [-0.05, 0) is 12.8 Å². The maximum atomic E-state index is 11.4. The van der Waals surface area contributed by atoms with E-state index in [2.05, 4.69) is 13.5 Å². The van der Waals surface area contributed by atoms with Gasteiger partial charge in [0.05, 0.1) is 6.54 Å². The Morgan fingerprint density at radius 1 is 0.783 bits per heavy atom. The zero-order valence-corrected chi connectivity index (χ0v) is 15.7. The van der Waals surface area contributed by atoms with Gasteiger partial charge < -0.3 is 4.90 Å². The number of hydrogen-bond acceptors (Lipinski definition) is 1. The highest BCUT2D eigenvalue weighted by atomic mass is 16.2. The monoisotopic (exact) mass is 322 g/mol. The van der Waals surface area contributed by atoms with Crippen LogP contribution in [-0.4, -0.2) is 17.4 Å². The third-order valence-electron chi connectivity index (χ3n) is 5.02. The molecule has 0 aromatic rings. The van der Waals surface area contributed by atoms with E-state index >= 15 is 0 Å². The average Bonchev–Trinajstić information content (AvgIpc) is 2.96. The van der Waals surface area contributed by atoms with Gasteiger partial charge >= 0.3 is 0 Å². The predicted molar refractivity (Wildman–Crippen MR) is 100 cm³/mol. The Labute approximate surface area is 145 Å². The highest BCUT2D eigenvalue weighted by molar-refractivity contribution is 5.78. The van der Waals surface area contributed by atoms with E-state index in [1.54, 1.807) is 0 Å². The molecule has 2 heteroatoms. The average molecular weight is 323 g/mol. The van der Waals surface area contributed by atoms with Gasteiger partial charge in [0.1, 0.15) is 0 Å². The van der Waals surface area contributed by atoms with E-state index in [0.29, 0.717) is 5.91 Å². The van der Waals surface area contributed by atoms with Gasteiger partial charge in [0, 0.05) is 13.0 Å². The summed E-state index contributed by atoms with van der Waals surface area (Å²) in [5, 5.41) is 0. The first-order valence-electron chi connectivity index (χ1n) is 10.5. The number of carbonyl (C=O) groups excluding carboxylic acids is 1. The molecule has 0 aromatic carbocycles. The van der Waals surface area contributed by atoms with Crippen molar-refractivity contribution < 1.29 is 4.79 Å². The van der Waals surface area contributed by atoms with E-state index < -0.39 is 0 Å². The number of hydrogen-bond donors (Lipinski definition) is 0. The molecular weight excluding hydrogens is 282 g/mol. The first-order chi connectivity index (χ1) is 11.3. The molecule has 1 saturated heterocycles. The van der Waals surface area contributed by atoms with Crippen LogP contribution in [0.5, 0.6) is 0 Å². The van der Waals surface area contributed by atoms with Gasteiger partial charge in [-0.2, -0.15) is 0 Å². The van der Waals surface area contributed by atoms with Crippen LogP contribution in [0, 0.1) is 6.54 Å². The predicted octanol–water partition coefficient (Wildman–Crippen LogP) is 6.64. The zero-order valence-electron chi connectivity index (χ0n) is 15.7. The van der Waals surface area contributed by atoms with Crippen molar-refractivity contribution in [2.75, 3.05) is 6.54 Å². The molecule has 0 aromatic heterocycles. The summed E-state index contributed by atoms with van der Waals surface area (Å²) >= 11 is 0. The molecule has 1 heterocycles. The maximum Gasteiger partial charge on any atom is 0.222 e. The minimum atomic E-state index is 0.329. The smallest absolute Gasteiger partial charge is 0.222 e. The van der Waals surface area contributed by atoms with Crippen molar-refractivity contribution in [3.8, 4) is 0 Å². The molecule has 23 heavy (non-hydrogen) atoms. The molecule has 1 radical (unpaired) electrons. The fourth-order valence-corrected chi connectivity index (χ4v) is 3.45. The van der Waals surface area contributed by atoms with Crippen molar-refractivity contribution in [1.82, 2.24) is 4.90 Å². The minimum Gasteiger partial charge on any atom is -0.338 e. The SMILES string of the molecule is CCCCCCCCCCCCCCCC[CH]N1CCCC1=O. The van der Waals surface area contributed by atoms with Crippen molar-refractivity contribution >= 4 is 5.91 Å². The van der Waals surface area contributed by atoms with Crippen LogP contribution >= 0.6 is 0 Å². The molecule has 0 unspecified atom stereocenters. The molecule has 0 spiro atoms. The second-order valence-electron chi connectivity index (χ2n) is 7.26. The molecule has 1 aliphatic rings. The number of amides is 1. The largest absolute Gasteiger partial charge is 0.338 e. The summed E-state index contributed by atoms with van der Waals surface area (Å²) < 4.78 is 0. The summed E-state index contributed by atoms with van der Waals surface area (Å²) in [6.07, 6.45) is 22.6. The van der Waals surface area contributed by atoms with Gasteiger partial charge in [-0.3, -0.25) is 4.79 Å². The van der Waals surface area contributed by atoms with Crippen LogP contribution < -0.4 is 0 Å². The molecule has 1 amide bonds. The van der Waals surface area contributed by atoms with Crippen molar-refractivity contribution in [3.63, 3.8) is 0 Å². The van der Waals surface area contributed by atoms with Crippen molar-refractivity contribution in [1.29, 1.82) is 0 Å². The maximum absolute atomic E-state index is 11.4. The van der Waals surface area contributed by atoms with Gasteiger partial charge in [0.2, 0.25) is 5.91 Å². The Kier molecular flexibility index (Phi) is 13.4. The molecule has 0 atom stereocenters. The van der Waals surface area contributed by atoms with E-state index in [0.717, 1.165) is 25.8 Å². The molecule has 1 fully saturated rings. The number of rotatable bonds is 16. The molecule has 1 aliphatic heterocycles. The van der Waals surface area contributed by atoms with Gasteiger partial charge in [-0.25, -0.2) is 0 Å². The topological polar surface area (TPSA) is 20.3 Å². The van der Waals surface area contributed by atoms with E-state index in [9.17, 15) is 4.79 Å². The Bertz CT molecular complexity index is 277. The standard InChI is InChI=1S/C21H40NO/c1-2-3-4-5-6-7-8-9-10-11-12-13-14-15-16-19-22-20-17-18-21(22)23/h19H,2-18,20H2,1H3. The summed E-state index contributed by atoms with van der Waals surface area (Å²) in [7, 11) is 0. The molecule has 0 N–H and O–H groups in total. The van der Waals surface area contributed by atoms with Crippen LogP contribution in [0.3, 0.4) is 0 Å². The van der Waals surface area contributed by atoms with E-state index in [1.807, 2.05) is 4.90 Å². The van der Waals surface area contributed by atoms with Crippen LogP contribution in [0.2, 0.25) is 0 Å². The zero-order chi connectivity index (χ0) is 16.6. The highest BCUT2D eigenvalue weighted by Gasteiger charge is 2.19. The molecule has 2 nitrogen and oxygen atoms in total. The number of carbonyl (C=O) groups is 1. The van der Waals surface area contributed by atoms with Gasteiger partial charge in [0.25, 0.3) is 0 Å². The summed E-state index contributed by atoms with van der Waals surface area (Å²) in [5.74, 6) is 0.329. The normalized spacial score (nSPS) is 14.8. The number of likely N-dealkylation sites (tertiary alicyclic amines) is 1. The Morgan fingerprint density at radius 2 is 1.26 bits per heavy atom. The lowest BCUT2D eigenvalue weighted by Crippen LogP contribution is -2.21. The van der Waals surface area contributed by atoms with Crippen LogP contribution in [0.15, 0.2) is 0 Å². The lowest BCUT2D eigenvalue weighted by atomic mass is 10.0. The third-order valence-corrected chi connectivity index (χ3v) is 5.02. The molecular formula is C21H40NO. The molecule has 0 aliphatic carbocycles. The third kappa shape index (κ3) is 11.6. The van der Waals surface area contributed by atoms with Gasteiger partial charge in [0.15, 0.2) is 0 Å². The van der Waals surface area contributed by atoms with Gasteiger partial charge in [-0.15, -0.1) is 0 Å². The Hall–Kier alpha value is -0.530. The number of unbranched alkanes of at least 4 members (excludes halogenated alkanes) is 14. The fourth-order valence-electron chi connectivity index (χ4n) is 3.45. The van der Waals surface area contributed by atoms with E-state index in [-0.39, 0.29) is 0 Å². The summed E-state index contributed by atoms with van der Waals surface area (Å²) in [6.45, 7) is 5.38. The molecule has 1 rings (SSSR count). The van der Waals surface area contributed by atoms with Crippen molar-refractivity contribution in [3.05, 3.63) is 6.54 Å². The van der Waals surface area contributed by atoms with Crippen LogP contribution in [-0.2, 0) is 4.79 Å². The van der Waals surface area contributed by atoms with Crippen LogP contribution in [0.25, 0.3) is 0 Å². The number of nitrogens with zero attached hydrogens (tertiary/aromatic N) is 1. The lowest BCUT2D eigenvalue weighted by Gasteiger charge is -2.13. The van der Waals surface area contributed by atoms with Crippen molar-refractivity contribution in [2.45, 2.75) is 116 Å². The first kappa shape index (κ1) is 20.5. The molecule has 135 valence electrons. The van der Waals surface area contributed by atoms with Crippen molar-refractivity contribution in [2.24, 2.45) is 0 Å². The van der Waals surface area contributed by atoms with Gasteiger partial charge in [-0.1, -0.05) is 96.8 Å². The molecule has 0 saturated carbocycles. The van der Waals surface area contributed by atoms with Crippen LogP contribution in [0.1, 0.15) is 116 Å². The fraction of sp³-hybridized carbons (Fsp3) is 0.905. The lowest BCUT2D eigenvalue weighted by molar-refractivity contribution is -0.126.